The van der Waals surface area contributed by atoms with E-state index in [9.17, 15) is 9.59 Å². The van der Waals surface area contributed by atoms with E-state index in [0.717, 1.165) is 0 Å². The first-order chi connectivity index (χ1) is 5.09. The van der Waals surface area contributed by atoms with Gasteiger partial charge in [-0.25, -0.2) is 0 Å². The summed E-state index contributed by atoms with van der Waals surface area (Å²) < 4.78 is 0. The molecule has 0 saturated heterocycles. The maximum absolute atomic E-state index is 10.6. The van der Waals surface area contributed by atoms with Crippen molar-refractivity contribution in [3.8, 4) is 0 Å². The van der Waals surface area contributed by atoms with Gasteiger partial charge < -0.3 is 11.6 Å². The third-order valence-electron chi connectivity index (χ3n) is 2.28. The van der Waals surface area contributed by atoms with Gasteiger partial charge in [-0.1, -0.05) is 12.8 Å². The van der Waals surface area contributed by atoms with Crippen LogP contribution in [-0.4, -0.2) is 22.2 Å². The third kappa shape index (κ3) is 2.08. The molecule has 0 aliphatic heterocycles. The van der Waals surface area contributed by atoms with Gasteiger partial charge in [0.15, 0.2) is 5.41 Å². The Kier molecular flexibility index (Phi) is 4.94. The van der Waals surface area contributed by atoms with Crippen LogP contribution in [0.2, 0.25) is 0 Å². The van der Waals surface area contributed by atoms with Crippen LogP contribution in [0.25, 0.3) is 0 Å². The normalized spacial score (nSPS) is 19.7. The molecule has 5 heteroatoms. The molecule has 1 saturated carbocycles. The van der Waals surface area contributed by atoms with Gasteiger partial charge in [0.25, 0.3) is 0 Å². The van der Waals surface area contributed by atoms with Crippen molar-refractivity contribution in [2.24, 2.45) is 5.41 Å². The largest absolute Gasteiger partial charge is 1.00 e. The fourth-order valence-corrected chi connectivity index (χ4v) is 1.50. The standard InChI is InChI=1S/C7H10O4.K.H/c8-5(9)7(6(10)11)3-1-2-4-7;;/h1-4H2,(H,8,9)(H,10,11);;/q;+1;-1. The van der Waals surface area contributed by atoms with Crippen molar-refractivity contribution >= 4 is 11.9 Å². The fourth-order valence-electron chi connectivity index (χ4n) is 1.50. The van der Waals surface area contributed by atoms with Crippen molar-refractivity contribution in [3.05, 3.63) is 0 Å². The molecule has 0 radical (unpaired) electrons. The van der Waals surface area contributed by atoms with Crippen molar-refractivity contribution in [1.29, 1.82) is 0 Å². The van der Waals surface area contributed by atoms with Crippen molar-refractivity contribution in [3.63, 3.8) is 0 Å². The van der Waals surface area contributed by atoms with Gasteiger partial charge in [0.05, 0.1) is 0 Å². The van der Waals surface area contributed by atoms with Crippen LogP contribution >= 0.6 is 0 Å². The maximum atomic E-state index is 10.6. The summed E-state index contributed by atoms with van der Waals surface area (Å²) in [7, 11) is 0. The SMILES string of the molecule is O=C(O)C1(C(=O)O)CCCC1.[H-].[K+]. The molecular formula is C7H11KO4. The van der Waals surface area contributed by atoms with E-state index >= 15 is 0 Å². The second kappa shape index (κ2) is 4.71. The van der Waals surface area contributed by atoms with Gasteiger partial charge in [-0.15, -0.1) is 0 Å². The Bertz CT molecular complexity index is 185. The molecule has 4 nitrogen and oxygen atoms in total. The summed E-state index contributed by atoms with van der Waals surface area (Å²) in [6.07, 6.45) is 1.96. The molecule has 12 heavy (non-hydrogen) atoms. The van der Waals surface area contributed by atoms with E-state index in [-0.39, 0.29) is 65.7 Å². The molecule has 1 fully saturated rings. The minimum absolute atomic E-state index is 0. The molecule has 64 valence electrons. The molecule has 0 atom stereocenters. The third-order valence-corrected chi connectivity index (χ3v) is 2.28. The number of hydrogen-bond acceptors (Lipinski definition) is 2. The molecule has 0 aromatic heterocycles. The van der Waals surface area contributed by atoms with Crippen molar-refractivity contribution < 1.29 is 72.6 Å². The minimum Gasteiger partial charge on any atom is -1.00 e. The minimum atomic E-state index is -1.47. The first kappa shape index (κ1) is 12.6. The molecule has 0 bridgehead atoms. The average Bonchev–Trinajstić information content (AvgIpc) is 2.34. The van der Waals surface area contributed by atoms with E-state index in [1.54, 1.807) is 0 Å². The van der Waals surface area contributed by atoms with E-state index in [0.29, 0.717) is 12.8 Å². The Balaban J connectivity index is 0. The van der Waals surface area contributed by atoms with Crippen LogP contribution < -0.4 is 51.4 Å². The topological polar surface area (TPSA) is 74.6 Å². The first-order valence-electron chi connectivity index (χ1n) is 3.56. The molecule has 1 rings (SSSR count). The van der Waals surface area contributed by atoms with E-state index in [1.165, 1.54) is 0 Å². The van der Waals surface area contributed by atoms with Gasteiger partial charge >= 0.3 is 63.3 Å². The summed E-state index contributed by atoms with van der Waals surface area (Å²) in [5.41, 5.74) is -1.47. The Morgan fingerprint density at radius 1 is 1.08 bits per heavy atom. The molecule has 1 aliphatic rings. The maximum Gasteiger partial charge on any atom is 1.00 e. The second-order valence-corrected chi connectivity index (χ2v) is 2.90. The Labute approximate surface area is 114 Å². The van der Waals surface area contributed by atoms with Gasteiger partial charge in [-0.2, -0.15) is 0 Å². The average molecular weight is 198 g/mol. The summed E-state index contributed by atoms with van der Waals surface area (Å²) in [5, 5.41) is 17.3. The quantitative estimate of drug-likeness (QED) is 0.391. The number of carboxylic acid groups (broad SMARTS) is 2. The second-order valence-electron chi connectivity index (χ2n) is 2.90. The monoisotopic (exact) mass is 198 g/mol. The smallest absolute Gasteiger partial charge is 1.00 e. The predicted octanol–water partition coefficient (Wildman–Crippen LogP) is -2.17. The summed E-state index contributed by atoms with van der Waals surface area (Å²) in [4.78, 5) is 21.2. The van der Waals surface area contributed by atoms with Crippen LogP contribution in [0.3, 0.4) is 0 Å². The summed E-state index contributed by atoms with van der Waals surface area (Å²) in [6.45, 7) is 0. The Hall–Kier alpha value is 0.576. The number of hydrogen-bond donors (Lipinski definition) is 2. The van der Waals surface area contributed by atoms with Crippen molar-refractivity contribution in [2.75, 3.05) is 0 Å². The molecule has 0 heterocycles. The molecule has 0 aromatic rings. The van der Waals surface area contributed by atoms with Crippen molar-refractivity contribution in [1.82, 2.24) is 0 Å². The zero-order chi connectivity index (χ0) is 8.48. The van der Waals surface area contributed by atoms with Crippen LogP contribution in [0.4, 0.5) is 0 Å². The predicted molar refractivity (Wildman–Crippen MR) is 37.3 cm³/mol. The molecule has 0 aromatic carbocycles. The van der Waals surface area contributed by atoms with Crippen LogP contribution in [0.1, 0.15) is 27.1 Å². The molecule has 1 aliphatic carbocycles. The van der Waals surface area contributed by atoms with E-state index < -0.39 is 17.4 Å². The number of carbonyl (C=O) groups is 2. The molecule has 0 unspecified atom stereocenters. The van der Waals surface area contributed by atoms with Crippen LogP contribution in [0, 0.1) is 5.41 Å². The summed E-state index contributed by atoms with van der Waals surface area (Å²) in [6, 6.07) is 0. The van der Waals surface area contributed by atoms with Gasteiger partial charge in [0.2, 0.25) is 0 Å². The zero-order valence-corrected chi connectivity index (χ0v) is 10.2. The van der Waals surface area contributed by atoms with Crippen LogP contribution in [-0.2, 0) is 9.59 Å². The Morgan fingerprint density at radius 2 is 1.42 bits per heavy atom. The van der Waals surface area contributed by atoms with Crippen LogP contribution in [0.5, 0.6) is 0 Å². The van der Waals surface area contributed by atoms with E-state index in [2.05, 4.69) is 0 Å². The number of carboxylic acids is 2. The zero-order valence-electron chi connectivity index (χ0n) is 8.04. The fraction of sp³-hybridized carbons (Fsp3) is 0.714. The van der Waals surface area contributed by atoms with Crippen LogP contribution in [0.15, 0.2) is 0 Å². The van der Waals surface area contributed by atoms with E-state index in [1.807, 2.05) is 0 Å². The molecular weight excluding hydrogens is 187 g/mol. The number of rotatable bonds is 2. The number of aliphatic carboxylic acids is 2. The van der Waals surface area contributed by atoms with Gasteiger partial charge in [0.1, 0.15) is 0 Å². The van der Waals surface area contributed by atoms with E-state index in [4.69, 9.17) is 10.2 Å². The molecule has 0 spiro atoms. The van der Waals surface area contributed by atoms with Gasteiger partial charge in [-0.3, -0.25) is 9.59 Å². The molecule has 2 N–H and O–H groups in total. The van der Waals surface area contributed by atoms with Gasteiger partial charge in [-0.05, 0) is 12.8 Å². The van der Waals surface area contributed by atoms with Crippen molar-refractivity contribution in [2.45, 2.75) is 25.7 Å². The first-order valence-corrected chi connectivity index (χ1v) is 3.56. The van der Waals surface area contributed by atoms with Gasteiger partial charge in [0, 0.05) is 0 Å². The molecule has 0 amide bonds. The Morgan fingerprint density at radius 3 is 1.58 bits per heavy atom. The summed E-state index contributed by atoms with van der Waals surface area (Å²) in [5.74, 6) is -2.38. The summed E-state index contributed by atoms with van der Waals surface area (Å²) >= 11 is 0.